The molecule has 0 unspecified atom stereocenters. The first-order valence-corrected chi connectivity index (χ1v) is 5.60. The van der Waals surface area contributed by atoms with E-state index in [-0.39, 0.29) is 0 Å². The fraction of sp³-hybridized carbons (Fsp3) is 0.500. The highest BCUT2D eigenvalue weighted by molar-refractivity contribution is 5.68. The topological polar surface area (TPSA) is 38.3 Å². The van der Waals surface area contributed by atoms with Crippen molar-refractivity contribution in [3.63, 3.8) is 0 Å². The molecule has 0 aromatic heterocycles. The zero-order valence-corrected chi connectivity index (χ0v) is 11.5. The molecule has 0 aromatic rings. The summed E-state index contributed by atoms with van der Waals surface area (Å²) in [4.78, 5) is 11.5. The van der Waals surface area contributed by atoms with Crippen LogP contribution in [0, 0.1) is 0 Å². The van der Waals surface area contributed by atoms with Crippen LogP contribution in [0.25, 0.3) is 0 Å². The van der Waals surface area contributed by atoms with Crippen molar-refractivity contribution < 1.29 is 9.53 Å². The van der Waals surface area contributed by atoms with Gasteiger partial charge in [-0.05, 0) is 40.2 Å². The van der Waals surface area contributed by atoms with E-state index in [0.29, 0.717) is 6.54 Å². The lowest BCUT2D eigenvalue weighted by atomic mass is 10.1. The number of rotatable bonds is 4. The number of alkyl carbamates (subject to hydrolysis) is 1. The Hall–Kier alpha value is -1.51. The lowest BCUT2D eigenvalue weighted by Gasteiger charge is -2.20. The number of allylic oxidation sites excluding steroid dienone is 2. The van der Waals surface area contributed by atoms with Crippen molar-refractivity contribution in [3.8, 4) is 0 Å². The maximum Gasteiger partial charge on any atom is 0.407 e. The Morgan fingerprint density at radius 2 is 1.82 bits per heavy atom. The highest BCUT2D eigenvalue weighted by Gasteiger charge is 2.15. The number of amides is 1. The Bertz CT molecular complexity index is 346. The van der Waals surface area contributed by atoms with E-state index >= 15 is 0 Å². The Balaban J connectivity index is 4.39. The van der Waals surface area contributed by atoms with Crippen LogP contribution in [0.2, 0.25) is 0 Å². The molecule has 0 heterocycles. The number of hydrogen-bond donors (Lipinski definition) is 1. The smallest absolute Gasteiger partial charge is 0.407 e. The molecule has 3 nitrogen and oxygen atoms in total. The molecule has 0 saturated heterocycles. The third-order valence-electron chi connectivity index (χ3n) is 1.79. The normalized spacial score (nSPS) is 11.9. The number of carbonyl (C=O) groups is 1. The minimum atomic E-state index is -0.481. The van der Waals surface area contributed by atoms with Crippen molar-refractivity contribution in [2.75, 3.05) is 6.54 Å². The fourth-order valence-electron chi connectivity index (χ4n) is 1.10. The predicted molar refractivity (Wildman–Crippen MR) is 71.9 cm³/mol. The number of hydrogen-bond acceptors (Lipinski definition) is 2. The van der Waals surface area contributed by atoms with Gasteiger partial charge in [0.2, 0.25) is 0 Å². The van der Waals surface area contributed by atoms with Gasteiger partial charge in [-0.15, -0.1) is 0 Å². The van der Waals surface area contributed by atoms with Gasteiger partial charge in [-0.2, -0.15) is 0 Å². The molecule has 0 spiro atoms. The van der Waals surface area contributed by atoms with Crippen LogP contribution >= 0.6 is 0 Å². The van der Waals surface area contributed by atoms with E-state index in [0.717, 1.165) is 16.7 Å². The molecule has 0 bridgehead atoms. The third kappa shape index (κ3) is 8.31. The fourth-order valence-corrected chi connectivity index (χ4v) is 1.10. The van der Waals surface area contributed by atoms with Crippen LogP contribution in [0.1, 0.15) is 34.6 Å². The molecule has 17 heavy (non-hydrogen) atoms. The van der Waals surface area contributed by atoms with Gasteiger partial charge in [0.15, 0.2) is 0 Å². The molecule has 0 atom stereocenters. The molecule has 0 aromatic carbocycles. The van der Waals surface area contributed by atoms with Gasteiger partial charge in [0.1, 0.15) is 5.60 Å². The first kappa shape index (κ1) is 15.5. The molecule has 0 aliphatic heterocycles. The van der Waals surface area contributed by atoms with Crippen molar-refractivity contribution in [3.05, 3.63) is 36.0 Å². The lowest BCUT2D eigenvalue weighted by Crippen LogP contribution is -2.33. The van der Waals surface area contributed by atoms with Crippen LogP contribution in [-0.2, 0) is 4.74 Å². The minimum absolute atomic E-state index is 0.400. The quantitative estimate of drug-likeness (QED) is 0.759. The lowest BCUT2D eigenvalue weighted by molar-refractivity contribution is 0.0533. The first-order chi connectivity index (χ1) is 7.61. The Labute approximate surface area is 104 Å². The van der Waals surface area contributed by atoms with Gasteiger partial charge in [-0.1, -0.05) is 30.4 Å². The van der Waals surface area contributed by atoms with Crippen LogP contribution in [0.15, 0.2) is 36.0 Å². The van der Waals surface area contributed by atoms with Crippen LogP contribution in [-0.4, -0.2) is 18.2 Å². The second-order valence-electron chi connectivity index (χ2n) is 5.15. The van der Waals surface area contributed by atoms with Gasteiger partial charge in [0.05, 0.1) is 0 Å². The largest absolute Gasteiger partial charge is 0.444 e. The highest BCUT2D eigenvalue weighted by atomic mass is 16.6. The van der Waals surface area contributed by atoms with Crippen molar-refractivity contribution in [1.82, 2.24) is 5.32 Å². The second-order valence-corrected chi connectivity index (χ2v) is 5.15. The van der Waals surface area contributed by atoms with Crippen LogP contribution < -0.4 is 5.32 Å². The van der Waals surface area contributed by atoms with Crippen molar-refractivity contribution >= 4 is 6.09 Å². The zero-order valence-electron chi connectivity index (χ0n) is 11.5. The molecule has 3 heteroatoms. The monoisotopic (exact) mass is 237 g/mol. The molecule has 1 N–H and O–H groups in total. The summed E-state index contributed by atoms with van der Waals surface area (Å²) in [5.41, 5.74) is 2.30. The standard InChI is InChI=1S/C14H23NO2/c1-10(2)8-12(11(3)4)9-15-13(16)17-14(5,6)7/h8H,1,3,9H2,2,4-7H3,(H,15,16)/b12-8-. The summed E-state index contributed by atoms with van der Waals surface area (Å²) < 4.78 is 5.14. The number of carbonyl (C=O) groups excluding carboxylic acids is 1. The molecule has 96 valence electrons. The SMILES string of the molecule is C=C(C)/C=C(/CNC(=O)OC(C)(C)C)C(=C)C. The van der Waals surface area contributed by atoms with Gasteiger partial charge in [0.25, 0.3) is 0 Å². The van der Waals surface area contributed by atoms with Crippen LogP contribution in [0.5, 0.6) is 0 Å². The molecule has 0 fully saturated rings. The summed E-state index contributed by atoms with van der Waals surface area (Å²) in [6.45, 7) is 17.3. The number of ether oxygens (including phenoxy) is 1. The molecular weight excluding hydrogens is 214 g/mol. The summed E-state index contributed by atoms with van der Waals surface area (Å²) in [7, 11) is 0. The van der Waals surface area contributed by atoms with E-state index in [1.807, 2.05) is 40.7 Å². The summed E-state index contributed by atoms with van der Waals surface area (Å²) in [5, 5.41) is 2.69. The Kier molecular flexibility index (Phi) is 5.72. The van der Waals surface area contributed by atoms with Crippen molar-refractivity contribution in [1.29, 1.82) is 0 Å². The van der Waals surface area contributed by atoms with E-state index in [1.165, 1.54) is 0 Å². The summed E-state index contributed by atoms with van der Waals surface area (Å²) in [6, 6.07) is 0. The first-order valence-electron chi connectivity index (χ1n) is 5.60. The Morgan fingerprint density at radius 3 is 2.18 bits per heavy atom. The van der Waals surface area contributed by atoms with Gasteiger partial charge >= 0.3 is 6.09 Å². The third-order valence-corrected chi connectivity index (χ3v) is 1.79. The maximum absolute atomic E-state index is 11.5. The molecule has 0 aliphatic carbocycles. The molecule has 1 amide bonds. The van der Waals surface area contributed by atoms with Gasteiger partial charge in [0, 0.05) is 6.54 Å². The average molecular weight is 237 g/mol. The summed E-state index contributed by atoms with van der Waals surface area (Å²) >= 11 is 0. The second kappa shape index (κ2) is 6.28. The van der Waals surface area contributed by atoms with E-state index in [4.69, 9.17) is 4.74 Å². The molecule has 0 saturated carbocycles. The predicted octanol–water partition coefficient (Wildman–Crippen LogP) is 3.59. The van der Waals surface area contributed by atoms with E-state index < -0.39 is 11.7 Å². The summed E-state index contributed by atoms with van der Waals surface area (Å²) in [5.74, 6) is 0. The number of nitrogens with one attached hydrogen (secondary N) is 1. The van der Waals surface area contributed by atoms with E-state index in [2.05, 4.69) is 18.5 Å². The van der Waals surface area contributed by atoms with Gasteiger partial charge in [-0.3, -0.25) is 0 Å². The van der Waals surface area contributed by atoms with Gasteiger partial charge < -0.3 is 10.1 Å². The van der Waals surface area contributed by atoms with E-state index in [9.17, 15) is 4.79 Å². The van der Waals surface area contributed by atoms with Crippen LogP contribution in [0.3, 0.4) is 0 Å². The molecule has 0 aliphatic rings. The average Bonchev–Trinajstić information content (AvgIpc) is 2.08. The molecule has 0 rings (SSSR count). The zero-order chi connectivity index (χ0) is 13.6. The molecule has 0 radical (unpaired) electrons. The van der Waals surface area contributed by atoms with Gasteiger partial charge in [-0.25, -0.2) is 4.79 Å². The highest BCUT2D eigenvalue weighted by Crippen LogP contribution is 2.10. The van der Waals surface area contributed by atoms with E-state index in [1.54, 1.807) is 0 Å². The molecular formula is C14H23NO2. The Morgan fingerprint density at radius 1 is 1.29 bits per heavy atom. The van der Waals surface area contributed by atoms with Crippen LogP contribution in [0.4, 0.5) is 4.79 Å². The minimum Gasteiger partial charge on any atom is -0.444 e. The maximum atomic E-state index is 11.5. The summed E-state index contributed by atoms with van der Waals surface area (Å²) in [6.07, 6.45) is 1.48. The van der Waals surface area contributed by atoms with Crippen molar-refractivity contribution in [2.24, 2.45) is 0 Å². The van der Waals surface area contributed by atoms with Crippen molar-refractivity contribution in [2.45, 2.75) is 40.2 Å².